The zero-order chi connectivity index (χ0) is 20.2. The van der Waals surface area contributed by atoms with Crippen molar-refractivity contribution in [2.45, 2.75) is 63.5 Å². The fraction of sp³-hybridized carbons (Fsp3) is 0.652. The van der Waals surface area contributed by atoms with E-state index in [-0.39, 0.29) is 23.8 Å². The van der Waals surface area contributed by atoms with Gasteiger partial charge >= 0.3 is 0 Å². The molecular weight excluding hydrogens is 366 g/mol. The van der Waals surface area contributed by atoms with Crippen LogP contribution >= 0.6 is 0 Å². The molecule has 1 aliphatic carbocycles. The third kappa shape index (κ3) is 4.74. The van der Waals surface area contributed by atoms with Crippen LogP contribution in [0.2, 0.25) is 0 Å². The van der Waals surface area contributed by atoms with Gasteiger partial charge in [0.05, 0.1) is 12.1 Å². The summed E-state index contributed by atoms with van der Waals surface area (Å²) in [6, 6.07) is 7.37. The van der Waals surface area contributed by atoms with E-state index in [1.54, 1.807) is 0 Å². The normalized spacial score (nSPS) is 27.7. The number of hydrogen-bond acceptors (Lipinski definition) is 4. The van der Waals surface area contributed by atoms with Gasteiger partial charge in [-0.3, -0.25) is 9.59 Å². The molecule has 158 valence electrons. The highest BCUT2D eigenvalue weighted by molar-refractivity contribution is 5.95. The van der Waals surface area contributed by atoms with Crippen molar-refractivity contribution >= 4 is 17.5 Å². The van der Waals surface area contributed by atoms with Gasteiger partial charge in [0.25, 0.3) is 5.91 Å². The maximum absolute atomic E-state index is 12.7. The Morgan fingerprint density at radius 1 is 0.862 bits per heavy atom. The highest BCUT2D eigenvalue weighted by atomic mass is 16.3. The molecule has 0 unspecified atom stereocenters. The lowest BCUT2D eigenvalue weighted by atomic mass is 10.0. The number of hydrogen-bond donors (Lipinski definition) is 2. The van der Waals surface area contributed by atoms with Gasteiger partial charge in [0.15, 0.2) is 0 Å². The van der Waals surface area contributed by atoms with Crippen LogP contribution in [0.1, 0.15) is 61.7 Å². The van der Waals surface area contributed by atoms with Crippen molar-refractivity contribution in [3.8, 4) is 0 Å². The molecule has 4 rings (SSSR count). The molecule has 1 aromatic rings. The van der Waals surface area contributed by atoms with Crippen LogP contribution in [0.15, 0.2) is 24.3 Å². The molecule has 0 aromatic heterocycles. The van der Waals surface area contributed by atoms with Crippen LogP contribution in [0.5, 0.6) is 0 Å². The SMILES string of the molecule is O=C(N[C@H]1C[C@H](C(=O)N2CCCCC2)C[C@@H]1O)c1ccc(N2CCCCC2)cc1. The Hall–Kier alpha value is -2.08. The zero-order valence-electron chi connectivity index (χ0n) is 17.2. The second-order valence-corrected chi connectivity index (χ2v) is 8.80. The smallest absolute Gasteiger partial charge is 0.251 e. The van der Waals surface area contributed by atoms with Crippen molar-refractivity contribution in [1.82, 2.24) is 10.2 Å². The third-order valence-electron chi connectivity index (χ3n) is 6.71. The lowest BCUT2D eigenvalue weighted by Crippen LogP contribution is -2.41. The van der Waals surface area contributed by atoms with E-state index in [0.29, 0.717) is 18.4 Å². The monoisotopic (exact) mass is 399 g/mol. The first-order valence-electron chi connectivity index (χ1n) is 11.2. The third-order valence-corrected chi connectivity index (χ3v) is 6.71. The van der Waals surface area contributed by atoms with Crippen molar-refractivity contribution in [3.63, 3.8) is 0 Å². The van der Waals surface area contributed by atoms with E-state index < -0.39 is 6.10 Å². The standard InChI is InChI=1S/C23H33N3O3/c27-21-16-18(23(29)26-13-5-2-6-14-26)15-20(21)24-22(28)17-7-9-19(10-8-17)25-11-3-1-4-12-25/h7-10,18,20-21,27H,1-6,11-16H2,(H,24,28)/t18-,20-,21-/m0/s1. The van der Waals surface area contributed by atoms with Gasteiger partial charge in [0.1, 0.15) is 0 Å². The van der Waals surface area contributed by atoms with E-state index >= 15 is 0 Å². The molecular formula is C23H33N3O3. The summed E-state index contributed by atoms with van der Waals surface area (Å²) in [7, 11) is 0. The van der Waals surface area contributed by atoms with Crippen molar-refractivity contribution < 1.29 is 14.7 Å². The number of carbonyl (C=O) groups excluding carboxylic acids is 2. The molecule has 3 fully saturated rings. The molecule has 2 saturated heterocycles. The van der Waals surface area contributed by atoms with Gasteiger partial charge < -0.3 is 20.2 Å². The minimum absolute atomic E-state index is 0.145. The quantitative estimate of drug-likeness (QED) is 0.816. The lowest BCUT2D eigenvalue weighted by molar-refractivity contribution is -0.136. The summed E-state index contributed by atoms with van der Waals surface area (Å²) in [5, 5.41) is 13.4. The van der Waals surface area contributed by atoms with Crippen molar-refractivity contribution in [2.75, 3.05) is 31.1 Å². The average Bonchev–Trinajstić information content (AvgIpc) is 3.14. The molecule has 3 atom stereocenters. The molecule has 0 spiro atoms. The van der Waals surface area contributed by atoms with Crippen LogP contribution < -0.4 is 10.2 Å². The van der Waals surface area contributed by atoms with E-state index in [0.717, 1.165) is 44.7 Å². The molecule has 0 bridgehead atoms. The van der Waals surface area contributed by atoms with Gasteiger partial charge in [0.2, 0.25) is 5.91 Å². The van der Waals surface area contributed by atoms with Gasteiger partial charge in [0, 0.05) is 43.3 Å². The van der Waals surface area contributed by atoms with Gasteiger partial charge in [-0.15, -0.1) is 0 Å². The van der Waals surface area contributed by atoms with E-state index in [1.165, 1.54) is 25.7 Å². The second-order valence-electron chi connectivity index (χ2n) is 8.80. The molecule has 6 heteroatoms. The van der Waals surface area contributed by atoms with E-state index in [9.17, 15) is 14.7 Å². The minimum Gasteiger partial charge on any atom is -0.391 e. The number of amides is 2. The number of aliphatic hydroxyl groups excluding tert-OH is 1. The van der Waals surface area contributed by atoms with E-state index in [4.69, 9.17) is 0 Å². The largest absolute Gasteiger partial charge is 0.391 e. The predicted octanol–water partition coefficient (Wildman–Crippen LogP) is 2.56. The number of rotatable bonds is 4. The summed E-state index contributed by atoms with van der Waals surface area (Å²) >= 11 is 0. The Bertz CT molecular complexity index is 709. The Balaban J connectivity index is 1.32. The van der Waals surface area contributed by atoms with Crippen molar-refractivity contribution in [3.05, 3.63) is 29.8 Å². The number of carbonyl (C=O) groups is 2. The summed E-state index contributed by atoms with van der Waals surface area (Å²) in [6.45, 7) is 3.80. The highest BCUT2D eigenvalue weighted by Gasteiger charge is 2.39. The summed E-state index contributed by atoms with van der Waals surface area (Å²) < 4.78 is 0. The molecule has 1 saturated carbocycles. The van der Waals surface area contributed by atoms with Gasteiger partial charge in [-0.2, -0.15) is 0 Å². The summed E-state index contributed by atoms with van der Waals surface area (Å²) in [5.41, 5.74) is 1.76. The van der Waals surface area contributed by atoms with Crippen molar-refractivity contribution in [2.24, 2.45) is 5.92 Å². The van der Waals surface area contributed by atoms with Crippen LogP contribution in [0.4, 0.5) is 5.69 Å². The Labute approximate surface area is 173 Å². The van der Waals surface area contributed by atoms with Gasteiger partial charge in [-0.25, -0.2) is 0 Å². The summed E-state index contributed by atoms with van der Waals surface area (Å²) in [6.07, 6.45) is 7.35. The molecule has 3 aliphatic rings. The first-order valence-corrected chi connectivity index (χ1v) is 11.2. The Kier molecular flexibility index (Phi) is 6.38. The molecule has 2 heterocycles. The van der Waals surface area contributed by atoms with Gasteiger partial charge in [-0.05, 0) is 75.6 Å². The van der Waals surface area contributed by atoms with Crippen LogP contribution in [0, 0.1) is 5.92 Å². The fourth-order valence-electron chi connectivity index (χ4n) is 4.97. The van der Waals surface area contributed by atoms with Crippen molar-refractivity contribution in [1.29, 1.82) is 0 Å². The van der Waals surface area contributed by atoms with E-state index in [1.807, 2.05) is 29.2 Å². The van der Waals surface area contributed by atoms with Gasteiger partial charge in [-0.1, -0.05) is 0 Å². The Morgan fingerprint density at radius 2 is 1.48 bits per heavy atom. The Morgan fingerprint density at radius 3 is 2.14 bits per heavy atom. The molecule has 29 heavy (non-hydrogen) atoms. The molecule has 1 aromatic carbocycles. The molecule has 2 aliphatic heterocycles. The predicted molar refractivity (Wildman–Crippen MR) is 113 cm³/mol. The average molecular weight is 400 g/mol. The number of aliphatic hydroxyl groups is 1. The highest BCUT2D eigenvalue weighted by Crippen LogP contribution is 2.29. The topological polar surface area (TPSA) is 72.9 Å². The number of piperidine rings is 2. The molecule has 0 radical (unpaired) electrons. The molecule has 2 N–H and O–H groups in total. The maximum atomic E-state index is 12.7. The number of nitrogens with zero attached hydrogens (tertiary/aromatic N) is 2. The maximum Gasteiger partial charge on any atom is 0.251 e. The summed E-state index contributed by atoms with van der Waals surface area (Å²) in [4.78, 5) is 29.7. The minimum atomic E-state index is -0.662. The lowest BCUT2D eigenvalue weighted by Gasteiger charge is -2.29. The van der Waals surface area contributed by atoms with Crippen LogP contribution in [-0.2, 0) is 4.79 Å². The first-order chi connectivity index (χ1) is 14.1. The van der Waals surface area contributed by atoms with Crippen LogP contribution in [0.25, 0.3) is 0 Å². The fourth-order valence-corrected chi connectivity index (χ4v) is 4.97. The number of anilines is 1. The number of likely N-dealkylation sites (tertiary alicyclic amines) is 1. The molecule has 6 nitrogen and oxygen atoms in total. The zero-order valence-corrected chi connectivity index (χ0v) is 17.2. The first kappa shape index (κ1) is 20.2. The number of benzene rings is 1. The van der Waals surface area contributed by atoms with E-state index in [2.05, 4.69) is 10.2 Å². The molecule has 2 amide bonds. The second kappa shape index (κ2) is 9.16. The summed E-state index contributed by atoms with van der Waals surface area (Å²) in [5.74, 6) is -0.216. The van der Waals surface area contributed by atoms with Crippen LogP contribution in [-0.4, -0.2) is 60.1 Å². The number of nitrogens with one attached hydrogen (secondary N) is 1. The van der Waals surface area contributed by atoms with Crippen LogP contribution in [0.3, 0.4) is 0 Å².